The molecule has 0 aliphatic carbocycles. The first-order valence-corrected chi connectivity index (χ1v) is 7.64. The van der Waals surface area contributed by atoms with E-state index in [0.717, 1.165) is 0 Å². The minimum absolute atomic E-state index is 0.162. The van der Waals surface area contributed by atoms with Gasteiger partial charge in [0, 0.05) is 18.1 Å². The van der Waals surface area contributed by atoms with Gasteiger partial charge in [-0.15, -0.1) is 0 Å². The van der Waals surface area contributed by atoms with Crippen LogP contribution in [0.25, 0.3) is 0 Å². The Morgan fingerprint density at radius 3 is 2.52 bits per heavy atom. The zero-order valence-corrected chi connectivity index (χ0v) is 14.0. The molecule has 0 saturated carbocycles. The van der Waals surface area contributed by atoms with E-state index in [1.165, 1.54) is 6.20 Å². The molecule has 1 aromatic heterocycles. The van der Waals surface area contributed by atoms with Crippen LogP contribution in [0, 0.1) is 0 Å². The van der Waals surface area contributed by atoms with Crippen molar-refractivity contribution in [2.45, 2.75) is 6.92 Å². The Labute approximate surface area is 145 Å². The van der Waals surface area contributed by atoms with Crippen molar-refractivity contribution in [1.29, 1.82) is 0 Å². The molecule has 0 aliphatic rings. The van der Waals surface area contributed by atoms with Crippen LogP contribution in [0.2, 0.25) is 0 Å². The van der Waals surface area contributed by atoms with Crippen molar-refractivity contribution in [2.24, 2.45) is 0 Å². The van der Waals surface area contributed by atoms with E-state index in [-0.39, 0.29) is 12.2 Å². The lowest BCUT2D eigenvalue weighted by atomic mass is 10.2. The summed E-state index contributed by atoms with van der Waals surface area (Å²) >= 11 is 0. The Kier molecular flexibility index (Phi) is 6.53. The number of ether oxygens (including phenoxy) is 2. The third-order valence-electron chi connectivity index (χ3n) is 3.12. The van der Waals surface area contributed by atoms with Crippen LogP contribution in [0.4, 0.5) is 11.5 Å². The molecule has 0 aliphatic heterocycles. The third kappa shape index (κ3) is 5.35. The molecule has 0 radical (unpaired) electrons. The summed E-state index contributed by atoms with van der Waals surface area (Å²) in [7, 11) is 1.55. The molecule has 25 heavy (non-hydrogen) atoms. The van der Waals surface area contributed by atoms with Gasteiger partial charge in [-0.3, -0.25) is 4.79 Å². The molecular formula is C18H19N3O4. The monoisotopic (exact) mass is 341 g/mol. The molecule has 0 unspecified atom stereocenters. The molecule has 0 bridgehead atoms. The highest BCUT2D eigenvalue weighted by Gasteiger charge is 2.20. The van der Waals surface area contributed by atoms with Gasteiger partial charge in [0.25, 0.3) is 5.91 Å². The van der Waals surface area contributed by atoms with E-state index in [1.807, 2.05) is 0 Å². The van der Waals surface area contributed by atoms with Crippen LogP contribution in [0.3, 0.4) is 0 Å². The smallest absolute Gasteiger partial charge is 0.345 e. The maximum atomic E-state index is 12.4. The number of carbonyl (C=O) groups is 2. The van der Waals surface area contributed by atoms with Gasteiger partial charge < -0.3 is 20.1 Å². The van der Waals surface area contributed by atoms with Gasteiger partial charge in [0.2, 0.25) is 0 Å². The maximum absolute atomic E-state index is 12.4. The zero-order valence-electron chi connectivity index (χ0n) is 14.0. The van der Waals surface area contributed by atoms with Crippen molar-refractivity contribution in [2.75, 3.05) is 24.4 Å². The third-order valence-corrected chi connectivity index (χ3v) is 3.12. The number of hydrogen-bond donors (Lipinski definition) is 2. The summed E-state index contributed by atoms with van der Waals surface area (Å²) in [6.45, 7) is 1.83. The predicted octanol–water partition coefficient (Wildman–Crippen LogP) is 2.59. The quantitative estimate of drug-likeness (QED) is 0.348. The van der Waals surface area contributed by atoms with Gasteiger partial charge in [-0.05, 0) is 43.3 Å². The topological polar surface area (TPSA) is 89.5 Å². The number of aromatic nitrogens is 1. The molecule has 0 saturated heterocycles. The molecule has 0 fully saturated rings. The average Bonchev–Trinajstić information content (AvgIpc) is 2.63. The fraction of sp³-hybridized carbons (Fsp3) is 0.167. The summed E-state index contributed by atoms with van der Waals surface area (Å²) in [5.41, 5.74) is 0.363. The van der Waals surface area contributed by atoms with Crippen molar-refractivity contribution in [3.8, 4) is 5.75 Å². The molecule has 7 nitrogen and oxygen atoms in total. The fourth-order valence-electron chi connectivity index (χ4n) is 1.89. The Bertz CT molecular complexity index is 743. The highest BCUT2D eigenvalue weighted by atomic mass is 16.5. The number of anilines is 2. The summed E-state index contributed by atoms with van der Waals surface area (Å²) in [5.74, 6) is -0.151. The largest absolute Gasteiger partial charge is 0.497 e. The first-order valence-electron chi connectivity index (χ1n) is 7.64. The molecule has 0 spiro atoms. The van der Waals surface area contributed by atoms with Gasteiger partial charge in [0.05, 0.1) is 13.7 Å². The lowest BCUT2D eigenvalue weighted by Crippen LogP contribution is -2.23. The van der Waals surface area contributed by atoms with Crippen molar-refractivity contribution in [1.82, 2.24) is 4.98 Å². The highest BCUT2D eigenvalue weighted by Crippen LogP contribution is 2.16. The van der Waals surface area contributed by atoms with Crippen LogP contribution in [0.1, 0.15) is 6.92 Å². The fourth-order valence-corrected chi connectivity index (χ4v) is 1.89. The summed E-state index contributed by atoms with van der Waals surface area (Å²) in [6.07, 6.45) is 2.87. The predicted molar refractivity (Wildman–Crippen MR) is 94.2 cm³/mol. The van der Waals surface area contributed by atoms with E-state index >= 15 is 0 Å². The van der Waals surface area contributed by atoms with Gasteiger partial charge in [-0.1, -0.05) is 6.07 Å². The van der Waals surface area contributed by atoms with Crippen LogP contribution < -0.4 is 15.4 Å². The van der Waals surface area contributed by atoms with E-state index < -0.39 is 11.9 Å². The van der Waals surface area contributed by atoms with Crippen LogP contribution in [0.15, 0.2) is 60.4 Å². The number of benzene rings is 1. The van der Waals surface area contributed by atoms with Gasteiger partial charge in [0.1, 0.15) is 17.1 Å². The molecule has 1 heterocycles. The lowest BCUT2D eigenvalue weighted by molar-refractivity contribution is -0.139. The van der Waals surface area contributed by atoms with Gasteiger partial charge >= 0.3 is 5.97 Å². The second-order valence-electron chi connectivity index (χ2n) is 4.82. The highest BCUT2D eigenvalue weighted by molar-refractivity contribution is 6.21. The molecule has 7 heteroatoms. The van der Waals surface area contributed by atoms with E-state index in [2.05, 4.69) is 15.6 Å². The van der Waals surface area contributed by atoms with E-state index in [0.29, 0.717) is 17.3 Å². The summed E-state index contributed by atoms with van der Waals surface area (Å²) in [6, 6.07) is 12.0. The minimum Gasteiger partial charge on any atom is -0.497 e. The van der Waals surface area contributed by atoms with E-state index in [9.17, 15) is 9.59 Å². The number of rotatable bonds is 7. The molecule has 1 aromatic carbocycles. The van der Waals surface area contributed by atoms with Gasteiger partial charge in [-0.25, -0.2) is 9.78 Å². The number of nitrogens with zero attached hydrogens (tertiary/aromatic N) is 1. The Hall–Kier alpha value is -3.35. The molecule has 130 valence electrons. The summed E-state index contributed by atoms with van der Waals surface area (Å²) < 4.78 is 10.0. The van der Waals surface area contributed by atoms with Crippen molar-refractivity contribution in [3.63, 3.8) is 0 Å². The number of carbonyl (C=O) groups excluding carboxylic acids is 2. The van der Waals surface area contributed by atoms with Crippen LogP contribution >= 0.6 is 0 Å². The second kappa shape index (κ2) is 9.07. The minimum atomic E-state index is -0.725. The first kappa shape index (κ1) is 18.0. The van der Waals surface area contributed by atoms with Gasteiger partial charge in [0.15, 0.2) is 0 Å². The first-order chi connectivity index (χ1) is 12.1. The molecule has 2 aromatic rings. The maximum Gasteiger partial charge on any atom is 0.345 e. The van der Waals surface area contributed by atoms with Crippen LogP contribution in [0.5, 0.6) is 5.75 Å². The lowest BCUT2D eigenvalue weighted by Gasteiger charge is -2.09. The Morgan fingerprint density at radius 2 is 1.92 bits per heavy atom. The number of esters is 1. The molecule has 2 rings (SSSR count). The van der Waals surface area contributed by atoms with E-state index in [4.69, 9.17) is 9.47 Å². The second-order valence-corrected chi connectivity index (χ2v) is 4.82. The number of nitrogens with one attached hydrogen (secondary N) is 2. The summed E-state index contributed by atoms with van der Waals surface area (Å²) in [5, 5.41) is 5.46. The van der Waals surface area contributed by atoms with Gasteiger partial charge in [-0.2, -0.15) is 0 Å². The Balaban J connectivity index is 2.15. The molecule has 1 amide bonds. The number of methoxy groups -OCH3 is 1. The van der Waals surface area contributed by atoms with Crippen LogP contribution in [-0.2, 0) is 14.3 Å². The van der Waals surface area contributed by atoms with Crippen LogP contribution in [-0.4, -0.2) is 30.6 Å². The van der Waals surface area contributed by atoms with Crippen molar-refractivity contribution < 1.29 is 19.1 Å². The van der Waals surface area contributed by atoms with Crippen molar-refractivity contribution >= 4 is 23.4 Å². The normalized spacial score (nSPS) is 10.7. The number of pyridine rings is 1. The van der Waals surface area contributed by atoms with Crippen molar-refractivity contribution in [3.05, 3.63) is 60.4 Å². The molecule has 0 atom stereocenters. The summed E-state index contributed by atoms with van der Waals surface area (Å²) in [4.78, 5) is 28.6. The number of amides is 1. The zero-order chi connectivity index (χ0) is 18.1. The molecular weight excluding hydrogens is 322 g/mol. The molecule has 2 N–H and O–H groups in total. The average molecular weight is 341 g/mol. The number of hydrogen-bond acceptors (Lipinski definition) is 6. The Morgan fingerprint density at radius 1 is 1.16 bits per heavy atom. The van der Waals surface area contributed by atoms with E-state index in [1.54, 1.807) is 62.7 Å². The standard InChI is InChI=1S/C18H19N3O4/c1-3-25-18(23)15(12-20-16-6-4-5-11-19-16)17(22)21-13-7-9-14(24-2)10-8-13/h4-12H,3H2,1-2H3,(H,19,20)(H,21,22)/b15-12+. The SMILES string of the molecule is CCOC(=O)/C(=C/Nc1ccccn1)C(=O)Nc1ccc(OC)cc1.